The second-order valence-electron chi connectivity index (χ2n) is 4.75. The van der Waals surface area contributed by atoms with Crippen molar-refractivity contribution in [3.05, 3.63) is 71.0 Å². The van der Waals surface area contributed by atoms with E-state index in [4.69, 9.17) is 16.6 Å². The van der Waals surface area contributed by atoms with Crippen LogP contribution in [0.15, 0.2) is 64.1 Å². The molecule has 1 aliphatic rings. The minimum atomic E-state index is -1.27. The molecule has 1 saturated heterocycles. The number of carbonyl (C=O) groups is 2. The minimum absolute atomic E-state index is 0.0427. The lowest BCUT2D eigenvalue weighted by Crippen LogP contribution is -2.28. The fourth-order valence-electron chi connectivity index (χ4n) is 2.07. The van der Waals surface area contributed by atoms with Crippen LogP contribution in [0.5, 0.6) is 0 Å². The maximum absolute atomic E-state index is 12.5. The highest BCUT2D eigenvalue weighted by atomic mass is 32.2. The summed E-state index contributed by atoms with van der Waals surface area (Å²) >= 11 is 6.43. The first-order valence-corrected chi connectivity index (χ1v) is 8.08. The highest BCUT2D eigenvalue weighted by Crippen LogP contribution is 2.34. The summed E-state index contributed by atoms with van der Waals surface area (Å²) in [6, 6.07) is 9.38. The van der Waals surface area contributed by atoms with Crippen molar-refractivity contribution in [1.29, 1.82) is 0 Å². The number of thioether (sulfide) groups is 1. The van der Waals surface area contributed by atoms with Crippen LogP contribution in [0.1, 0.15) is 16.1 Å². The highest BCUT2D eigenvalue weighted by Gasteiger charge is 2.32. The molecule has 1 aromatic carbocycles. The van der Waals surface area contributed by atoms with Crippen LogP contribution >= 0.6 is 24.0 Å². The molecule has 0 aliphatic carbocycles. The molecule has 0 saturated carbocycles. The number of hydrogen-bond acceptors (Lipinski definition) is 6. The average Bonchev–Trinajstić information content (AvgIpc) is 3.16. The van der Waals surface area contributed by atoms with Crippen LogP contribution in [-0.2, 0) is 4.79 Å². The van der Waals surface area contributed by atoms with Crippen molar-refractivity contribution in [2.24, 2.45) is 0 Å². The molecule has 0 bridgehead atoms. The van der Waals surface area contributed by atoms with E-state index in [2.05, 4.69) is 0 Å². The summed E-state index contributed by atoms with van der Waals surface area (Å²) < 4.78 is 5.56. The Balaban J connectivity index is 1.80. The van der Waals surface area contributed by atoms with Crippen LogP contribution in [0.25, 0.3) is 6.08 Å². The Morgan fingerprint density at radius 3 is 2.62 bits per heavy atom. The van der Waals surface area contributed by atoms with Crippen molar-refractivity contribution in [3.8, 4) is 0 Å². The largest absolute Gasteiger partial charge is 0.545 e. The summed E-state index contributed by atoms with van der Waals surface area (Å²) in [5.41, 5.74) is 0.557. The van der Waals surface area contributed by atoms with Gasteiger partial charge in [-0.1, -0.05) is 42.2 Å². The number of thiocarbonyl (C=S) groups is 1. The number of hydrogen-bond donors (Lipinski definition) is 0. The number of allylic oxidation sites excluding steroid dienone is 2. The van der Waals surface area contributed by atoms with E-state index >= 15 is 0 Å². The molecule has 1 fully saturated rings. The molecular formula is C17H10NO4S2-. The SMILES string of the molecule is O=C([O-])c1ccc(N2C(=O)/C(=C/C=C/c3ccco3)SC2=S)cc1. The highest BCUT2D eigenvalue weighted by molar-refractivity contribution is 8.27. The predicted octanol–water partition coefficient (Wildman–Crippen LogP) is 2.61. The fraction of sp³-hybridized carbons (Fsp3) is 0. The van der Waals surface area contributed by atoms with Gasteiger partial charge in [0.1, 0.15) is 5.76 Å². The number of carbonyl (C=O) groups excluding carboxylic acids is 2. The Morgan fingerprint density at radius 2 is 2.00 bits per heavy atom. The zero-order valence-electron chi connectivity index (χ0n) is 12.2. The molecule has 1 aliphatic heterocycles. The molecule has 1 aromatic heterocycles. The molecule has 2 heterocycles. The topological polar surface area (TPSA) is 73.6 Å². The summed E-state index contributed by atoms with van der Waals surface area (Å²) in [4.78, 5) is 25.1. The first-order valence-electron chi connectivity index (χ1n) is 6.86. The third-order valence-corrected chi connectivity index (χ3v) is 4.53. The molecule has 0 unspecified atom stereocenters. The Morgan fingerprint density at radius 1 is 1.25 bits per heavy atom. The summed E-state index contributed by atoms with van der Waals surface area (Å²) in [7, 11) is 0. The van der Waals surface area contributed by atoms with Crippen molar-refractivity contribution in [3.63, 3.8) is 0 Å². The lowest BCUT2D eigenvalue weighted by molar-refractivity contribution is -0.255. The van der Waals surface area contributed by atoms with Gasteiger partial charge in [-0.25, -0.2) is 0 Å². The molecule has 0 radical (unpaired) electrons. The van der Waals surface area contributed by atoms with Crippen LogP contribution in [0.2, 0.25) is 0 Å². The van der Waals surface area contributed by atoms with Gasteiger partial charge in [-0.2, -0.15) is 0 Å². The lowest BCUT2D eigenvalue weighted by Gasteiger charge is -2.15. The van der Waals surface area contributed by atoms with Gasteiger partial charge in [-0.3, -0.25) is 9.69 Å². The van der Waals surface area contributed by atoms with Crippen LogP contribution in [-0.4, -0.2) is 16.2 Å². The Bertz CT molecular complexity index is 851. The zero-order chi connectivity index (χ0) is 17.1. The third kappa shape index (κ3) is 3.32. The molecule has 24 heavy (non-hydrogen) atoms. The molecule has 3 rings (SSSR count). The van der Waals surface area contributed by atoms with E-state index in [1.165, 1.54) is 40.9 Å². The quantitative estimate of drug-likeness (QED) is 0.619. The molecule has 120 valence electrons. The lowest BCUT2D eigenvalue weighted by atomic mass is 10.2. The number of anilines is 1. The third-order valence-electron chi connectivity index (χ3n) is 3.21. The van der Waals surface area contributed by atoms with E-state index in [1.54, 1.807) is 36.6 Å². The number of rotatable bonds is 4. The Kier molecular flexibility index (Phi) is 4.64. The fourth-order valence-corrected chi connectivity index (χ4v) is 3.32. The number of nitrogens with zero attached hydrogens (tertiary/aromatic N) is 1. The molecular weight excluding hydrogens is 346 g/mol. The Labute approximate surface area is 147 Å². The minimum Gasteiger partial charge on any atom is -0.545 e. The first-order chi connectivity index (χ1) is 11.6. The number of furan rings is 1. The van der Waals surface area contributed by atoms with E-state index in [0.29, 0.717) is 20.7 Å². The maximum atomic E-state index is 12.5. The van der Waals surface area contributed by atoms with Crippen molar-refractivity contribution in [2.45, 2.75) is 0 Å². The van der Waals surface area contributed by atoms with E-state index in [0.717, 1.165) is 0 Å². The predicted molar refractivity (Wildman–Crippen MR) is 94.3 cm³/mol. The van der Waals surface area contributed by atoms with E-state index in [1.807, 2.05) is 0 Å². The smallest absolute Gasteiger partial charge is 0.270 e. The number of aromatic carboxylic acids is 1. The first kappa shape index (κ1) is 16.2. The molecule has 5 nitrogen and oxygen atoms in total. The van der Waals surface area contributed by atoms with Crippen molar-refractivity contribution in [2.75, 3.05) is 4.90 Å². The summed E-state index contributed by atoms with van der Waals surface area (Å²) in [5.74, 6) is -0.843. The van der Waals surface area contributed by atoms with Gasteiger partial charge in [-0.15, -0.1) is 0 Å². The van der Waals surface area contributed by atoms with Crippen molar-refractivity contribution >= 4 is 51.9 Å². The molecule has 1 amide bonds. The van der Waals surface area contributed by atoms with Gasteiger partial charge in [0.2, 0.25) is 0 Å². The molecule has 0 N–H and O–H groups in total. The van der Waals surface area contributed by atoms with Crippen LogP contribution in [0, 0.1) is 0 Å². The van der Waals surface area contributed by atoms with Gasteiger partial charge >= 0.3 is 0 Å². The van der Waals surface area contributed by atoms with E-state index < -0.39 is 5.97 Å². The molecule has 0 spiro atoms. The standard InChI is InChI=1S/C17H11NO4S2/c19-15-14(5-1-3-13-4-2-10-22-13)24-17(23)18(15)12-8-6-11(7-9-12)16(20)21/h1-10H,(H,20,21)/p-1/b3-1+,14-5-. The average molecular weight is 356 g/mol. The second kappa shape index (κ2) is 6.86. The van der Waals surface area contributed by atoms with Crippen molar-refractivity contribution in [1.82, 2.24) is 0 Å². The number of carboxylic acid groups (broad SMARTS) is 1. The molecule has 7 heteroatoms. The van der Waals surface area contributed by atoms with Gasteiger partial charge in [0.25, 0.3) is 5.91 Å². The summed E-state index contributed by atoms with van der Waals surface area (Å²) in [6.45, 7) is 0. The second-order valence-corrected chi connectivity index (χ2v) is 6.42. The van der Waals surface area contributed by atoms with Gasteiger partial charge in [0, 0.05) is 0 Å². The number of amides is 1. The van der Waals surface area contributed by atoms with Gasteiger partial charge in [0.05, 0.1) is 22.8 Å². The summed E-state index contributed by atoms with van der Waals surface area (Å²) in [5, 5.41) is 10.8. The summed E-state index contributed by atoms with van der Waals surface area (Å²) in [6.07, 6.45) is 6.68. The van der Waals surface area contributed by atoms with Gasteiger partial charge < -0.3 is 14.3 Å². The zero-order valence-corrected chi connectivity index (χ0v) is 13.8. The number of benzene rings is 1. The Hall–Kier alpha value is -2.64. The van der Waals surface area contributed by atoms with Crippen LogP contribution in [0.4, 0.5) is 5.69 Å². The van der Waals surface area contributed by atoms with E-state index in [9.17, 15) is 14.7 Å². The molecule has 2 aromatic rings. The van der Waals surface area contributed by atoms with Gasteiger partial charge in [0.15, 0.2) is 4.32 Å². The normalized spacial score (nSPS) is 16.5. The monoisotopic (exact) mass is 356 g/mol. The van der Waals surface area contributed by atoms with Crippen LogP contribution < -0.4 is 10.0 Å². The molecule has 0 atom stereocenters. The van der Waals surface area contributed by atoms with Crippen LogP contribution in [0.3, 0.4) is 0 Å². The van der Waals surface area contributed by atoms with Gasteiger partial charge in [-0.05, 0) is 42.0 Å². The van der Waals surface area contributed by atoms with Crippen molar-refractivity contribution < 1.29 is 19.1 Å². The maximum Gasteiger partial charge on any atom is 0.270 e. The number of carboxylic acids is 1. The van der Waals surface area contributed by atoms with E-state index in [-0.39, 0.29) is 11.5 Å².